The molecule has 8 nitrogen and oxygen atoms in total. The molecule has 0 bridgehead atoms. The van der Waals surface area contributed by atoms with Crippen LogP contribution in [0, 0.1) is 5.41 Å². The van der Waals surface area contributed by atoms with Gasteiger partial charge >= 0.3 is 5.97 Å². The maximum Gasteiger partial charge on any atom is 0.311 e. The number of amides is 3. The van der Waals surface area contributed by atoms with E-state index in [0.29, 0.717) is 24.3 Å². The maximum absolute atomic E-state index is 12.5. The number of likely N-dealkylation sites (tertiary alicyclic amines) is 1. The van der Waals surface area contributed by atoms with E-state index in [1.807, 2.05) is 0 Å². The summed E-state index contributed by atoms with van der Waals surface area (Å²) in [5, 5.41) is 12.0. The minimum atomic E-state index is -0.927. The highest BCUT2D eigenvalue weighted by Crippen LogP contribution is 2.31. The number of para-hydroxylation sites is 2. The molecule has 0 saturated carbocycles. The summed E-state index contributed by atoms with van der Waals surface area (Å²) in [5.74, 6) is -1.74. The van der Waals surface area contributed by atoms with Gasteiger partial charge in [0.15, 0.2) is 0 Å². The van der Waals surface area contributed by atoms with Crippen LogP contribution in [-0.4, -0.2) is 53.3 Å². The van der Waals surface area contributed by atoms with Gasteiger partial charge in [-0.1, -0.05) is 12.1 Å². The first-order chi connectivity index (χ1) is 12.3. The number of carboxylic acid groups (broad SMARTS) is 1. The number of carbonyl (C=O) groups excluding carboxylic acids is 3. The van der Waals surface area contributed by atoms with Gasteiger partial charge in [0.05, 0.1) is 16.8 Å². The van der Waals surface area contributed by atoms with Crippen LogP contribution in [0.4, 0.5) is 11.4 Å². The van der Waals surface area contributed by atoms with Crippen molar-refractivity contribution in [3.8, 4) is 0 Å². The quantitative estimate of drug-likeness (QED) is 0.836. The first-order valence-electron chi connectivity index (χ1n) is 8.50. The smallest absolute Gasteiger partial charge is 0.311 e. The van der Waals surface area contributed by atoms with E-state index in [4.69, 9.17) is 0 Å². The summed E-state index contributed by atoms with van der Waals surface area (Å²) in [6, 6.07) is 7.00. The molecule has 2 aliphatic heterocycles. The minimum absolute atomic E-state index is 0.00514. The molecule has 0 aromatic heterocycles. The number of nitrogens with one attached hydrogen (secondary N) is 1. The van der Waals surface area contributed by atoms with Gasteiger partial charge in [-0.2, -0.15) is 0 Å². The summed E-state index contributed by atoms with van der Waals surface area (Å²) < 4.78 is 0. The van der Waals surface area contributed by atoms with E-state index < -0.39 is 11.4 Å². The van der Waals surface area contributed by atoms with Crippen LogP contribution < -0.4 is 10.2 Å². The fraction of sp³-hybridized carbons (Fsp3) is 0.444. The molecule has 26 heavy (non-hydrogen) atoms. The van der Waals surface area contributed by atoms with E-state index in [2.05, 4.69) is 5.32 Å². The zero-order valence-corrected chi connectivity index (χ0v) is 14.5. The zero-order valence-electron chi connectivity index (χ0n) is 14.5. The topological polar surface area (TPSA) is 107 Å². The number of nitrogens with zero attached hydrogens (tertiary/aromatic N) is 2. The van der Waals surface area contributed by atoms with E-state index in [1.54, 1.807) is 31.2 Å². The van der Waals surface area contributed by atoms with Crippen molar-refractivity contribution in [1.82, 2.24) is 4.90 Å². The summed E-state index contributed by atoms with van der Waals surface area (Å²) in [6.45, 7) is 2.08. The van der Waals surface area contributed by atoms with Crippen LogP contribution >= 0.6 is 0 Å². The van der Waals surface area contributed by atoms with Gasteiger partial charge in [-0.3, -0.25) is 19.2 Å². The first-order valence-corrected chi connectivity index (χ1v) is 8.50. The summed E-state index contributed by atoms with van der Waals surface area (Å²) in [6.07, 6.45) is 0.372. The molecule has 3 amide bonds. The van der Waals surface area contributed by atoms with Crippen LogP contribution in [0.15, 0.2) is 24.3 Å². The third-order valence-corrected chi connectivity index (χ3v) is 4.97. The highest BCUT2D eigenvalue weighted by atomic mass is 16.4. The molecule has 8 heteroatoms. The average Bonchev–Trinajstić information content (AvgIpc) is 3.02. The lowest BCUT2D eigenvalue weighted by Gasteiger charge is -2.29. The fourth-order valence-corrected chi connectivity index (χ4v) is 3.31. The van der Waals surface area contributed by atoms with Crippen molar-refractivity contribution in [2.24, 2.45) is 5.41 Å². The Labute approximate surface area is 150 Å². The van der Waals surface area contributed by atoms with Crippen molar-refractivity contribution in [3.63, 3.8) is 0 Å². The van der Waals surface area contributed by atoms with Gasteiger partial charge < -0.3 is 20.2 Å². The molecule has 0 radical (unpaired) electrons. The monoisotopic (exact) mass is 359 g/mol. The van der Waals surface area contributed by atoms with Crippen LogP contribution in [0.5, 0.6) is 0 Å². The van der Waals surface area contributed by atoms with Gasteiger partial charge in [0.1, 0.15) is 6.54 Å². The number of carboxylic acids is 1. The van der Waals surface area contributed by atoms with Crippen LogP contribution in [0.3, 0.4) is 0 Å². The Morgan fingerprint density at radius 3 is 2.58 bits per heavy atom. The second kappa shape index (κ2) is 6.78. The van der Waals surface area contributed by atoms with Gasteiger partial charge in [-0.15, -0.1) is 0 Å². The van der Waals surface area contributed by atoms with Crippen molar-refractivity contribution in [3.05, 3.63) is 24.3 Å². The van der Waals surface area contributed by atoms with E-state index in [9.17, 15) is 24.3 Å². The number of carbonyl (C=O) groups is 4. The lowest BCUT2D eigenvalue weighted by atomic mass is 9.90. The van der Waals surface area contributed by atoms with Gasteiger partial charge in [-0.05, 0) is 25.5 Å². The molecule has 1 unspecified atom stereocenters. The summed E-state index contributed by atoms with van der Waals surface area (Å²) in [4.78, 5) is 50.8. The molecule has 1 saturated heterocycles. The molecule has 2 N–H and O–H groups in total. The first kappa shape index (κ1) is 17.9. The molecule has 0 aliphatic carbocycles. The molecule has 2 aliphatic rings. The Morgan fingerprint density at radius 1 is 1.19 bits per heavy atom. The fourth-order valence-electron chi connectivity index (χ4n) is 3.31. The molecule has 1 fully saturated rings. The Balaban J connectivity index is 1.60. The van der Waals surface area contributed by atoms with E-state index in [1.165, 1.54) is 9.80 Å². The Bertz CT molecular complexity index is 778. The van der Waals surface area contributed by atoms with Crippen molar-refractivity contribution >= 4 is 35.1 Å². The van der Waals surface area contributed by atoms with E-state index in [0.717, 1.165) is 0 Å². The van der Waals surface area contributed by atoms with Gasteiger partial charge in [-0.25, -0.2) is 0 Å². The number of aliphatic carboxylic acids is 1. The van der Waals surface area contributed by atoms with Crippen molar-refractivity contribution < 1.29 is 24.3 Å². The molecule has 1 aromatic carbocycles. The predicted octanol–water partition coefficient (Wildman–Crippen LogP) is 1.08. The lowest BCUT2D eigenvalue weighted by Crippen LogP contribution is -2.42. The minimum Gasteiger partial charge on any atom is -0.481 e. The third-order valence-electron chi connectivity index (χ3n) is 4.97. The van der Waals surface area contributed by atoms with Crippen LogP contribution in [0.1, 0.15) is 26.2 Å². The van der Waals surface area contributed by atoms with Gasteiger partial charge in [0, 0.05) is 25.9 Å². The molecule has 1 atom stereocenters. The normalized spacial score (nSPS) is 22.0. The van der Waals surface area contributed by atoms with Crippen molar-refractivity contribution in [1.29, 1.82) is 0 Å². The largest absolute Gasteiger partial charge is 0.481 e. The van der Waals surface area contributed by atoms with Crippen molar-refractivity contribution in [2.75, 3.05) is 29.9 Å². The van der Waals surface area contributed by atoms with Crippen molar-refractivity contribution in [2.45, 2.75) is 26.2 Å². The SMILES string of the molecule is CC1(C(=O)O)CCN(C(=O)CCC(=O)N2CC(=O)Nc3ccccc32)C1. The summed E-state index contributed by atoms with van der Waals surface area (Å²) in [5.41, 5.74) is 0.258. The number of benzene rings is 1. The number of hydrogen-bond donors (Lipinski definition) is 2. The molecule has 3 rings (SSSR count). The third kappa shape index (κ3) is 3.40. The predicted molar refractivity (Wildman–Crippen MR) is 93.6 cm³/mol. The van der Waals surface area contributed by atoms with E-state index in [-0.39, 0.29) is 43.7 Å². The average molecular weight is 359 g/mol. The Hall–Kier alpha value is -2.90. The molecule has 2 heterocycles. The molecular weight excluding hydrogens is 338 g/mol. The van der Waals surface area contributed by atoms with Crippen LogP contribution in [-0.2, 0) is 19.2 Å². The van der Waals surface area contributed by atoms with Crippen LogP contribution in [0.2, 0.25) is 0 Å². The van der Waals surface area contributed by atoms with Crippen LogP contribution in [0.25, 0.3) is 0 Å². The standard InChI is InChI=1S/C18H21N3O5/c1-18(17(25)26)8-9-20(11-18)15(23)6-7-16(24)21-10-14(22)19-12-4-2-3-5-13(12)21/h2-5H,6-11H2,1H3,(H,19,22)(H,25,26). The maximum atomic E-state index is 12.5. The molecule has 0 spiro atoms. The Morgan fingerprint density at radius 2 is 1.88 bits per heavy atom. The zero-order chi connectivity index (χ0) is 18.9. The highest BCUT2D eigenvalue weighted by molar-refractivity contribution is 6.10. The molecule has 138 valence electrons. The lowest BCUT2D eigenvalue weighted by molar-refractivity contribution is -0.147. The number of rotatable bonds is 4. The molecule has 1 aromatic rings. The molecular formula is C18H21N3O5. The number of hydrogen-bond acceptors (Lipinski definition) is 4. The summed E-state index contributed by atoms with van der Waals surface area (Å²) >= 11 is 0. The van der Waals surface area contributed by atoms with Gasteiger partial charge in [0.25, 0.3) is 0 Å². The van der Waals surface area contributed by atoms with Gasteiger partial charge in [0.2, 0.25) is 17.7 Å². The summed E-state index contributed by atoms with van der Waals surface area (Å²) in [7, 11) is 0. The number of anilines is 2. The van der Waals surface area contributed by atoms with E-state index >= 15 is 0 Å². The highest BCUT2D eigenvalue weighted by Gasteiger charge is 2.42. The number of fused-ring (bicyclic) bond motifs is 1. The second-order valence-corrected chi connectivity index (χ2v) is 6.98. The Kier molecular flexibility index (Phi) is 4.67. The second-order valence-electron chi connectivity index (χ2n) is 6.98.